The van der Waals surface area contributed by atoms with Gasteiger partial charge in [-0.3, -0.25) is 0 Å². The highest BCUT2D eigenvalue weighted by atomic mass is 79.9. The van der Waals surface area contributed by atoms with Gasteiger partial charge in [-0.25, -0.2) is 0 Å². The van der Waals surface area contributed by atoms with Crippen LogP contribution in [0.1, 0.15) is 68.7 Å². The number of rotatable bonds is 6. The summed E-state index contributed by atoms with van der Waals surface area (Å²) < 4.78 is 1.03. The molecule has 0 bridgehead atoms. The number of hydrogen-bond acceptors (Lipinski definition) is 2. The number of nitrogens with zero attached hydrogens (tertiary/aromatic N) is 2. The number of para-hydroxylation sites is 2. The number of hydrogen-bond donors (Lipinski definition) is 0. The molecule has 6 aromatic rings. The van der Waals surface area contributed by atoms with Crippen LogP contribution in [-0.4, -0.2) is 0 Å². The Kier molecular flexibility index (Phi) is 7.63. The normalized spacial score (nSPS) is 18.8. The molecule has 3 aliphatic carbocycles. The molecule has 0 spiro atoms. The molecule has 0 amide bonds. The molecule has 6 aromatic carbocycles. The van der Waals surface area contributed by atoms with Crippen molar-refractivity contribution in [2.45, 2.75) is 57.3 Å². The maximum atomic E-state index is 3.98. The number of benzene rings is 6. The summed E-state index contributed by atoms with van der Waals surface area (Å²) in [6.45, 7) is 9.58. The quantitative estimate of drug-likeness (QED) is 0.158. The fourth-order valence-electron chi connectivity index (χ4n) is 9.37. The van der Waals surface area contributed by atoms with Crippen molar-refractivity contribution in [2.75, 3.05) is 9.80 Å². The standard InChI is InChI=1S/C48H43BrN2/c1-47(2)43-21-13-11-19-39(43)41-25-23-35(30-45(41)47)50(33-15-7-5-8-16-33)37-27-32(49)28-38(29-37)51(34-17-9-6-10-18-34)36-24-26-42-40-20-12-14-22-44(40)48(3,4)46(42)31-36/h5-11,13-19,21-31,40,44H,12,20H2,1-4H3. The molecule has 0 radical (unpaired) electrons. The van der Waals surface area contributed by atoms with Crippen LogP contribution in [0, 0.1) is 5.92 Å². The number of halogens is 1. The Morgan fingerprint density at radius 1 is 0.529 bits per heavy atom. The zero-order chi connectivity index (χ0) is 34.9. The third-order valence-electron chi connectivity index (χ3n) is 11.9. The van der Waals surface area contributed by atoms with E-state index in [1.54, 1.807) is 0 Å². The summed E-state index contributed by atoms with van der Waals surface area (Å²) in [6.07, 6.45) is 7.28. The molecule has 2 atom stereocenters. The summed E-state index contributed by atoms with van der Waals surface area (Å²) in [5, 5.41) is 0. The molecule has 252 valence electrons. The van der Waals surface area contributed by atoms with Gasteiger partial charge in [-0.15, -0.1) is 0 Å². The second-order valence-corrected chi connectivity index (χ2v) is 16.5. The van der Waals surface area contributed by atoms with Crippen LogP contribution in [0.25, 0.3) is 11.1 Å². The van der Waals surface area contributed by atoms with Gasteiger partial charge in [0.05, 0.1) is 0 Å². The van der Waals surface area contributed by atoms with Gasteiger partial charge in [-0.1, -0.05) is 129 Å². The molecule has 0 heterocycles. The van der Waals surface area contributed by atoms with E-state index in [0.29, 0.717) is 11.8 Å². The zero-order valence-electron chi connectivity index (χ0n) is 29.8. The Hall–Kier alpha value is -4.86. The van der Waals surface area contributed by atoms with Gasteiger partial charge in [0.1, 0.15) is 0 Å². The predicted octanol–water partition coefficient (Wildman–Crippen LogP) is 14.0. The number of allylic oxidation sites excluding steroid dienone is 2. The molecule has 51 heavy (non-hydrogen) atoms. The first-order valence-electron chi connectivity index (χ1n) is 18.3. The lowest BCUT2D eigenvalue weighted by atomic mass is 9.73. The minimum Gasteiger partial charge on any atom is -0.310 e. The fourth-order valence-corrected chi connectivity index (χ4v) is 9.84. The zero-order valence-corrected chi connectivity index (χ0v) is 31.4. The number of anilines is 6. The van der Waals surface area contributed by atoms with Gasteiger partial charge in [0.2, 0.25) is 0 Å². The van der Waals surface area contributed by atoms with E-state index in [1.165, 1.54) is 51.9 Å². The van der Waals surface area contributed by atoms with E-state index >= 15 is 0 Å². The molecule has 0 fully saturated rings. The molecular formula is C48H43BrN2. The van der Waals surface area contributed by atoms with E-state index in [9.17, 15) is 0 Å². The molecule has 3 aliphatic rings. The maximum Gasteiger partial charge on any atom is 0.0493 e. The fraction of sp³-hybridized carbons (Fsp3) is 0.208. The topological polar surface area (TPSA) is 6.48 Å². The second kappa shape index (κ2) is 12.1. The second-order valence-electron chi connectivity index (χ2n) is 15.5. The van der Waals surface area contributed by atoms with Crippen LogP contribution < -0.4 is 9.80 Å². The van der Waals surface area contributed by atoms with E-state index in [4.69, 9.17) is 0 Å². The van der Waals surface area contributed by atoms with Crippen LogP contribution in [0.15, 0.2) is 156 Å². The molecule has 0 saturated carbocycles. The maximum absolute atomic E-state index is 3.98. The predicted molar refractivity (Wildman–Crippen MR) is 219 cm³/mol. The summed E-state index contributed by atoms with van der Waals surface area (Å²) in [7, 11) is 0. The van der Waals surface area contributed by atoms with Gasteiger partial charge in [0.25, 0.3) is 0 Å². The smallest absolute Gasteiger partial charge is 0.0493 e. The SMILES string of the molecule is CC1(C)c2ccccc2-c2ccc(N(c3ccccc3)c3cc(Br)cc(N(c4ccccc4)c4ccc5c(c4)C(C)(C)C4C=CCCC54)c3)cc21. The summed E-state index contributed by atoms with van der Waals surface area (Å²) in [5.41, 5.74) is 15.2. The van der Waals surface area contributed by atoms with E-state index in [-0.39, 0.29) is 10.8 Å². The van der Waals surface area contributed by atoms with Crippen LogP contribution in [0.5, 0.6) is 0 Å². The highest BCUT2D eigenvalue weighted by Crippen LogP contribution is 2.56. The molecular weight excluding hydrogens is 684 g/mol. The Morgan fingerprint density at radius 2 is 1.10 bits per heavy atom. The van der Waals surface area contributed by atoms with Crippen LogP contribution in [0.3, 0.4) is 0 Å². The first-order chi connectivity index (χ1) is 24.7. The molecule has 0 aliphatic heterocycles. The van der Waals surface area contributed by atoms with Gasteiger partial charge in [-0.05, 0) is 130 Å². The van der Waals surface area contributed by atoms with E-state index in [1.807, 2.05) is 0 Å². The largest absolute Gasteiger partial charge is 0.310 e. The summed E-state index contributed by atoms with van der Waals surface area (Å²) in [6, 6.07) is 51.6. The Bertz CT molecular complexity index is 2300. The molecule has 9 rings (SSSR count). The Morgan fingerprint density at radius 3 is 1.76 bits per heavy atom. The lowest BCUT2D eigenvalue weighted by Gasteiger charge is -2.32. The minimum atomic E-state index is -0.0918. The highest BCUT2D eigenvalue weighted by molar-refractivity contribution is 9.10. The molecule has 0 N–H and O–H groups in total. The first kappa shape index (κ1) is 32.1. The van der Waals surface area contributed by atoms with Gasteiger partial charge < -0.3 is 9.80 Å². The van der Waals surface area contributed by atoms with E-state index < -0.39 is 0 Å². The van der Waals surface area contributed by atoms with E-state index in [2.05, 4.69) is 205 Å². The van der Waals surface area contributed by atoms with Crippen molar-refractivity contribution >= 4 is 50.1 Å². The summed E-state index contributed by atoms with van der Waals surface area (Å²) >= 11 is 3.98. The van der Waals surface area contributed by atoms with Crippen LogP contribution in [-0.2, 0) is 10.8 Å². The third-order valence-corrected chi connectivity index (χ3v) is 12.3. The molecule has 0 saturated heterocycles. The summed E-state index contributed by atoms with van der Waals surface area (Å²) in [5.74, 6) is 1.14. The highest BCUT2D eigenvalue weighted by Gasteiger charge is 2.45. The molecule has 2 unspecified atom stereocenters. The van der Waals surface area contributed by atoms with Crippen molar-refractivity contribution in [1.29, 1.82) is 0 Å². The van der Waals surface area contributed by atoms with Gasteiger partial charge in [0, 0.05) is 44.0 Å². The van der Waals surface area contributed by atoms with Crippen molar-refractivity contribution in [1.82, 2.24) is 0 Å². The first-order valence-corrected chi connectivity index (χ1v) is 19.1. The van der Waals surface area contributed by atoms with Crippen molar-refractivity contribution in [3.63, 3.8) is 0 Å². The van der Waals surface area contributed by atoms with Crippen molar-refractivity contribution in [3.8, 4) is 11.1 Å². The summed E-state index contributed by atoms with van der Waals surface area (Å²) in [4.78, 5) is 4.83. The average molecular weight is 728 g/mol. The average Bonchev–Trinajstić information content (AvgIpc) is 3.52. The van der Waals surface area contributed by atoms with E-state index in [0.717, 1.165) is 32.9 Å². The Labute approximate surface area is 311 Å². The Balaban J connectivity index is 1.20. The van der Waals surface area contributed by atoms with Crippen LogP contribution >= 0.6 is 15.9 Å². The van der Waals surface area contributed by atoms with Crippen LogP contribution in [0.4, 0.5) is 34.1 Å². The van der Waals surface area contributed by atoms with Crippen molar-refractivity contribution in [2.24, 2.45) is 5.92 Å². The monoisotopic (exact) mass is 726 g/mol. The number of fused-ring (bicyclic) bond motifs is 6. The molecule has 2 nitrogen and oxygen atoms in total. The minimum absolute atomic E-state index is 0.0723. The van der Waals surface area contributed by atoms with Crippen LogP contribution in [0.2, 0.25) is 0 Å². The lowest BCUT2D eigenvalue weighted by molar-refractivity contribution is 0.347. The van der Waals surface area contributed by atoms with Gasteiger partial charge in [0.15, 0.2) is 0 Å². The lowest BCUT2D eigenvalue weighted by Crippen LogP contribution is -2.25. The molecule has 0 aromatic heterocycles. The van der Waals surface area contributed by atoms with Crippen molar-refractivity contribution < 1.29 is 0 Å². The van der Waals surface area contributed by atoms with Gasteiger partial charge in [-0.2, -0.15) is 0 Å². The molecule has 3 heteroatoms. The third kappa shape index (κ3) is 5.20. The van der Waals surface area contributed by atoms with Crippen molar-refractivity contribution in [3.05, 3.63) is 178 Å². The van der Waals surface area contributed by atoms with Gasteiger partial charge >= 0.3 is 0 Å².